The SMILES string of the molecule is CN(C)c1nc(Cl)ncc1-c1ccc(C(=O)N2[C@@H](c3ccccc3Cl)CC[C@H]2C(=O)O)cc1. The Morgan fingerprint density at radius 3 is 2.39 bits per heavy atom. The van der Waals surface area contributed by atoms with Gasteiger partial charge in [0.15, 0.2) is 0 Å². The number of carboxylic acid groups (broad SMARTS) is 1. The predicted octanol–water partition coefficient (Wildman–Crippen LogP) is 4.95. The molecule has 7 nitrogen and oxygen atoms in total. The van der Waals surface area contributed by atoms with Crippen LogP contribution in [0.15, 0.2) is 54.7 Å². The third-order valence-corrected chi connectivity index (χ3v) is 6.30. The highest BCUT2D eigenvalue weighted by atomic mass is 35.5. The number of carboxylic acids is 1. The molecule has 1 aliphatic heterocycles. The summed E-state index contributed by atoms with van der Waals surface area (Å²) in [5.74, 6) is -0.724. The number of nitrogens with zero attached hydrogens (tertiary/aromatic N) is 4. The Labute approximate surface area is 201 Å². The van der Waals surface area contributed by atoms with E-state index in [-0.39, 0.29) is 11.2 Å². The first kappa shape index (κ1) is 23.0. The van der Waals surface area contributed by atoms with E-state index in [9.17, 15) is 14.7 Å². The molecule has 2 aromatic carbocycles. The zero-order valence-corrected chi connectivity index (χ0v) is 19.6. The molecule has 33 heavy (non-hydrogen) atoms. The molecule has 2 atom stereocenters. The first-order valence-corrected chi connectivity index (χ1v) is 11.1. The number of amides is 1. The van der Waals surface area contributed by atoms with Crippen LogP contribution >= 0.6 is 23.2 Å². The fourth-order valence-corrected chi connectivity index (χ4v) is 4.62. The van der Waals surface area contributed by atoms with Crippen molar-refractivity contribution >= 4 is 40.9 Å². The molecule has 1 aromatic heterocycles. The normalized spacial score (nSPS) is 17.8. The molecule has 1 saturated heterocycles. The number of rotatable bonds is 5. The number of anilines is 1. The summed E-state index contributed by atoms with van der Waals surface area (Å²) in [6, 6.07) is 12.9. The molecule has 4 rings (SSSR count). The summed E-state index contributed by atoms with van der Waals surface area (Å²) in [4.78, 5) is 37.0. The molecule has 170 valence electrons. The van der Waals surface area contributed by atoms with Crippen molar-refractivity contribution in [3.8, 4) is 11.1 Å². The Morgan fingerprint density at radius 2 is 1.76 bits per heavy atom. The van der Waals surface area contributed by atoms with E-state index in [2.05, 4.69) is 9.97 Å². The van der Waals surface area contributed by atoms with Crippen LogP contribution in [-0.4, -0.2) is 52.0 Å². The smallest absolute Gasteiger partial charge is 0.326 e. The minimum atomic E-state index is -1.02. The molecular formula is C24H22Cl2N4O3. The fourth-order valence-electron chi connectivity index (χ4n) is 4.23. The van der Waals surface area contributed by atoms with Gasteiger partial charge in [-0.1, -0.05) is 41.9 Å². The minimum Gasteiger partial charge on any atom is -0.480 e. The number of carbonyl (C=O) groups excluding carboxylic acids is 1. The van der Waals surface area contributed by atoms with Gasteiger partial charge in [-0.15, -0.1) is 0 Å². The maximum atomic E-state index is 13.5. The fraction of sp³-hybridized carbons (Fsp3) is 0.250. The Balaban J connectivity index is 1.68. The average Bonchev–Trinajstić information content (AvgIpc) is 3.24. The lowest BCUT2D eigenvalue weighted by Gasteiger charge is -2.29. The summed E-state index contributed by atoms with van der Waals surface area (Å²) in [6.45, 7) is 0. The van der Waals surface area contributed by atoms with E-state index in [0.717, 1.165) is 16.7 Å². The van der Waals surface area contributed by atoms with Crippen LogP contribution in [0.3, 0.4) is 0 Å². The van der Waals surface area contributed by atoms with Gasteiger partial charge in [0.05, 0.1) is 6.04 Å². The van der Waals surface area contributed by atoms with Gasteiger partial charge in [0.2, 0.25) is 5.28 Å². The molecule has 1 fully saturated rings. The number of carbonyl (C=O) groups is 2. The number of hydrogen-bond acceptors (Lipinski definition) is 5. The van der Waals surface area contributed by atoms with Gasteiger partial charge in [0, 0.05) is 36.4 Å². The van der Waals surface area contributed by atoms with Crippen molar-refractivity contribution in [2.45, 2.75) is 24.9 Å². The maximum Gasteiger partial charge on any atom is 0.326 e. The van der Waals surface area contributed by atoms with Crippen molar-refractivity contribution in [2.75, 3.05) is 19.0 Å². The van der Waals surface area contributed by atoms with E-state index in [1.165, 1.54) is 4.90 Å². The van der Waals surface area contributed by atoms with Crippen molar-refractivity contribution in [1.82, 2.24) is 14.9 Å². The molecule has 0 spiro atoms. The number of aromatic nitrogens is 2. The number of likely N-dealkylation sites (tertiary alicyclic amines) is 1. The maximum absolute atomic E-state index is 13.5. The lowest BCUT2D eigenvalue weighted by atomic mass is 10.0. The molecule has 0 bridgehead atoms. The third-order valence-electron chi connectivity index (χ3n) is 5.77. The van der Waals surface area contributed by atoms with Crippen molar-refractivity contribution in [1.29, 1.82) is 0 Å². The summed E-state index contributed by atoms with van der Waals surface area (Å²) in [7, 11) is 3.71. The lowest BCUT2D eigenvalue weighted by Crippen LogP contribution is -2.41. The quantitative estimate of drug-likeness (QED) is 0.515. The molecule has 0 aliphatic carbocycles. The lowest BCUT2D eigenvalue weighted by molar-refractivity contribution is -0.141. The molecule has 1 aliphatic rings. The van der Waals surface area contributed by atoms with Gasteiger partial charge in [-0.2, -0.15) is 4.98 Å². The summed E-state index contributed by atoms with van der Waals surface area (Å²) in [5, 5.41) is 10.4. The molecular weight excluding hydrogens is 463 g/mol. The third kappa shape index (κ3) is 4.51. The Kier molecular flexibility index (Phi) is 6.54. The van der Waals surface area contributed by atoms with Gasteiger partial charge < -0.3 is 14.9 Å². The summed E-state index contributed by atoms with van der Waals surface area (Å²) in [5.41, 5.74) is 2.72. The Hall–Kier alpha value is -3.16. The molecule has 0 radical (unpaired) electrons. The zero-order valence-electron chi connectivity index (χ0n) is 18.1. The highest BCUT2D eigenvalue weighted by molar-refractivity contribution is 6.31. The first-order chi connectivity index (χ1) is 15.8. The summed E-state index contributed by atoms with van der Waals surface area (Å²) in [6.07, 6.45) is 2.53. The second-order valence-corrected chi connectivity index (χ2v) is 8.77. The van der Waals surface area contributed by atoms with Gasteiger partial charge in [-0.3, -0.25) is 4.79 Å². The van der Waals surface area contributed by atoms with Crippen LogP contribution in [0.5, 0.6) is 0 Å². The highest BCUT2D eigenvalue weighted by Crippen LogP contribution is 2.40. The molecule has 1 amide bonds. The average molecular weight is 485 g/mol. The summed E-state index contributed by atoms with van der Waals surface area (Å²) >= 11 is 12.3. The monoisotopic (exact) mass is 484 g/mol. The van der Waals surface area contributed by atoms with E-state index in [1.807, 2.05) is 37.2 Å². The molecule has 0 unspecified atom stereocenters. The van der Waals surface area contributed by atoms with Crippen molar-refractivity contribution < 1.29 is 14.7 Å². The van der Waals surface area contributed by atoms with Crippen LogP contribution in [0.2, 0.25) is 10.3 Å². The molecule has 9 heteroatoms. The second kappa shape index (κ2) is 9.37. The van der Waals surface area contributed by atoms with Crippen molar-refractivity contribution in [3.63, 3.8) is 0 Å². The van der Waals surface area contributed by atoms with Crippen LogP contribution in [-0.2, 0) is 4.79 Å². The van der Waals surface area contributed by atoms with E-state index in [1.54, 1.807) is 36.5 Å². The number of aliphatic carboxylic acids is 1. The number of hydrogen-bond donors (Lipinski definition) is 1. The van der Waals surface area contributed by atoms with E-state index >= 15 is 0 Å². The molecule has 3 aromatic rings. The van der Waals surface area contributed by atoms with Crippen LogP contribution in [0, 0.1) is 0 Å². The van der Waals surface area contributed by atoms with Crippen LogP contribution in [0.4, 0.5) is 5.82 Å². The Morgan fingerprint density at radius 1 is 1.06 bits per heavy atom. The van der Waals surface area contributed by atoms with Crippen LogP contribution < -0.4 is 4.90 Å². The molecule has 0 saturated carbocycles. The zero-order chi connectivity index (χ0) is 23.7. The van der Waals surface area contributed by atoms with Gasteiger partial charge in [0.1, 0.15) is 11.9 Å². The van der Waals surface area contributed by atoms with Crippen LogP contribution in [0.25, 0.3) is 11.1 Å². The van der Waals surface area contributed by atoms with Crippen LogP contribution in [0.1, 0.15) is 34.8 Å². The number of benzene rings is 2. The minimum absolute atomic E-state index is 0.147. The first-order valence-electron chi connectivity index (χ1n) is 10.4. The van der Waals surface area contributed by atoms with Gasteiger partial charge >= 0.3 is 5.97 Å². The van der Waals surface area contributed by atoms with Gasteiger partial charge in [-0.25, -0.2) is 9.78 Å². The molecule has 2 heterocycles. The highest BCUT2D eigenvalue weighted by Gasteiger charge is 2.42. The van der Waals surface area contributed by atoms with Crippen molar-refractivity contribution in [3.05, 3.63) is 76.2 Å². The largest absolute Gasteiger partial charge is 0.480 e. The van der Waals surface area contributed by atoms with E-state index in [4.69, 9.17) is 23.2 Å². The number of halogens is 2. The Bertz CT molecular complexity index is 1200. The van der Waals surface area contributed by atoms with Crippen molar-refractivity contribution in [2.24, 2.45) is 0 Å². The predicted molar refractivity (Wildman–Crippen MR) is 128 cm³/mol. The molecule has 1 N–H and O–H groups in total. The second-order valence-electron chi connectivity index (χ2n) is 8.03. The summed E-state index contributed by atoms with van der Waals surface area (Å²) < 4.78 is 0. The van der Waals surface area contributed by atoms with E-state index in [0.29, 0.717) is 29.2 Å². The topological polar surface area (TPSA) is 86.6 Å². The van der Waals surface area contributed by atoms with E-state index < -0.39 is 18.1 Å². The van der Waals surface area contributed by atoms with Gasteiger partial charge in [0.25, 0.3) is 5.91 Å². The van der Waals surface area contributed by atoms with Gasteiger partial charge in [-0.05, 0) is 53.8 Å². The standard InChI is InChI=1S/C24H22Cl2N4O3/c1-29(2)21-17(13-27-24(26)28-21)14-7-9-15(10-8-14)22(31)30-19(11-12-20(30)23(32)33)16-5-3-4-6-18(16)25/h3-10,13,19-20H,11-12H2,1-2H3,(H,32,33)/t19-,20+/m1/s1.